The Bertz CT molecular complexity index is 483. The van der Waals surface area contributed by atoms with Gasteiger partial charge in [0.05, 0.1) is 4.92 Å². The fraction of sp³-hybridized carbons (Fsp3) is 0.417. The van der Waals surface area contributed by atoms with E-state index in [9.17, 15) is 14.9 Å². The van der Waals surface area contributed by atoms with Crippen molar-refractivity contribution in [1.82, 2.24) is 0 Å². The number of nitrogens with zero attached hydrogens (tertiary/aromatic N) is 1. The minimum atomic E-state index is -0.444. The highest BCUT2D eigenvalue weighted by molar-refractivity contribution is 5.92. The fourth-order valence-electron chi connectivity index (χ4n) is 2.28. The number of aryl methyl sites for hydroxylation is 1. The first-order valence-electron chi connectivity index (χ1n) is 5.66. The average molecular weight is 234 g/mol. The molecule has 90 valence electrons. The van der Waals surface area contributed by atoms with Gasteiger partial charge in [-0.3, -0.25) is 14.9 Å². The average Bonchev–Trinajstić information content (AvgIpc) is 2.28. The zero-order valence-electron chi connectivity index (χ0n) is 9.66. The van der Waals surface area contributed by atoms with Crippen LogP contribution in [0.2, 0.25) is 0 Å². The minimum absolute atomic E-state index is 0.0131. The molecule has 5 heteroatoms. The van der Waals surface area contributed by atoms with Gasteiger partial charge in [-0.1, -0.05) is 6.07 Å². The van der Waals surface area contributed by atoms with Crippen molar-refractivity contribution in [2.45, 2.75) is 32.6 Å². The Kier molecular flexibility index (Phi) is 3.08. The number of carbonyl (C=O) groups excluding carboxylic acids is 1. The molecule has 0 saturated carbocycles. The molecule has 0 atom stereocenters. The summed E-state index contributed by atoms with van der Waals surface area (Å²) in [5, 5.41) is 13.5. The van der Waals surface area contributed by atoms with Crippen LogP contribution >= 0.6 is 0 Å². The van der Waals surface area contributed by atoms with Gasteiger partial charge in [-0.05, 0) is 36.8 Å². The number of nitro groups is 1. The van der Waals surface area contributed by atoms with Crippen LogP contribution in [0.4, 0.5) is 11.4 Å². The van der Waals surface area contributed by atoms with Crippen molar-refractivity contribution < 1.29 is 9.72 Å². The predicted octanol–water partition coefficient (Wildman–Crippen LogP) is 2.43. The van der Waals surface area contributed by atoms with Crippen LogP contribution in [0.1, 0.15) is 30.9 Å². The Hall–Kier alpha value is -1.91. The van der Waals surface area contributed by atoms with Crippen LogP contribution in [-0.2, 0) is 17.6 Å². The fourth-order valence-corrected chi connectivity index (χ4v) is 2.28. The Morgan fingerprint density at radius 1 is 1.35 bits per heavy atom. The van der Waals surface area contributed by atoms with Crippen molar-refractivity contribution in [2.75, 3.05) is 5.32 Å². The maximum atomic E-state index is 11.1. The number of rotatable bonds is 2. The van der Waals surface area contributed by atoms with Crippen molar-refractivity contribution >= 4 is 17.3 Å². The molecular formula is C12H14N2O3. The molecule has 0 aliphatic heterocycles. The lowest BCUT2D eigenvalue weighted by Crippen LogP contribution is -2.14. The summed E-state index contributed by atoms with van der Waals surface area (Å²) in [7, 11) is 0. The standard InChI is InChI=1S/C12H14N2O3/c1-8(15)13-12-10-5-3-2-4-9(10)6-7-11(12)14(16)17/h6-7H,2-5H2,1H3,(H,13,15). The lowest BCUT2D eigenvalue weighted by Gasteiger charge is -2.19. The highest BCUT2D eigenvalue weighted by atomic mass is 16.6. The lowest BCUT2D eigenvalue weighted by atomic mass is 9.90. The van der Waals surface area contributed by atoms with Crippen molar-refractivity contribution in [2.24, 2.45) is 0 Å². The molecule has 0 spiro atoms. The second-order valence-electron chi connectivity index (χ2n) is 4.24. The van der Waals surface area contributed by atoms with Gasteiger partial charge in [-0.25, -0.2) is 0 Å². The third kappa shape index (κ3) is 2.27. The summed E-state index contributed by atoms with van der Waals surface area (Å²) in [5.41, 5.74) is 2.42. The van der Waals surface area contributed by atoms with Crippen LogP contribution < -0.4 is 5.32 Å². The number of fused-ring (bicyclic) bond motifs is 1. The van der Waals surface area contributed by atoms with E-state index in [1.165, 1.54) is 13.0 Å². The molecule has 1 amide bonds. The van der Waals surface area contributed by atoms with Crippen LogP contribution in [0, 0.1) is 10.1 Å². The molecule has 0 heterocycles. The van der Waals surface area contributed by atoms with Crippen molar-refractivity contribution in [1.29, 1.82) is 0 Å². The quantitative estimate of drug-likeness (QED) is 0.631. The maximum Gasteiger partial charge on any atom is 0.293 e. The minimum Gasteiger partial charge on any atom is -0.320 e. The van der Waals surface area contributed by atoms with E-state index in [0.29, 0.717) is 5.69 Å². The van der Waals surface area contributed by atoms with Crippen LogP contribution in [-0.4, -0.2) is 10.8 Å². The second kappa shape index (κ2) is 4.53. The summed E-state index contributed by atoms with van der Waals surface area (Å²) < 4.78 is 0. The summed E-state index contributed by atoms with van der Waals surface area (Å²) in [6.07, 6.45) is 3.84. The molecule has 1 aliphatic carbocycles. The molecule has 17 heavy (non-hydrogen) atoms. The third-order valence-corrected chi connectivity index (χ3v) is 3.01. The molecule has 0 bridgehead atoms. The molecule has 0 saturated heterocycles. The first-order valence-corrected chi connectivity index (χ1v) is 5.66. The van der Waals surface area contributed by atoms with Gasteiger partial charge in [0.2, 0.25) is 5.91 Å². The first-order chi connectivity index (χ1) is 8.09. The molecule has 1 N–H and O–H groups in total. The summed E-state index contributed by atoms with van der Waals surface area (Å²) in [4.78, 5) is 21.6. The monoisotopic (exact) mass is 234 g/mol. The maximum absolute atomic E-state index is 11.1. The summed E-state index contributed by atoms with van der Waals surface area (Å²) in [5.74, 6) is -0.271. The van der Waals surface area contributed by atoms with Crippen molar-refractivity contribution in [3.63, 3.8) is 0 Å². The van der Waals surface area contributed by atoms with Crippen molar-refractivity contribution in [3.05, 3.63) is 33.4 Å². The zero-order valence-corrected chi connectivity index (χ0v) is 9.66. The number of anilines is 1. The first kappa shape index (κ1) is 11.6. The summed E-state index contributed by atoms with van der Waals surface area (Å²) in [6.45, 7) is 1.37. The number of nitro benzene ring substituents is 1. The molecule has 0 aromatic heterocycles. The molecule has 1 aromatic carbocycles. The summed E-state index contributed by atoms with van der Waals surface area (Å²) >= 11 is 0. The van der Waals surface area contributed by atoms with Gasteiger partial charge in [0, 0.05) is 13.0 Å². The normalized spacial score (nSPS) is 13.9. The van der Waals surface area contributed by atoms with Gasteiger partial charge in [0.1, 0.15) is 5.69 Å². The van der Waals surface area contributed by atoms with Gasteiger partial charge in [0.25, 0.3) is 5.69 Å². The molecule has 2 rings (SSSR count). The smallest absolute Gasteiger partial charge is 0.293 e. The molecule has 0 radical (unpaired) electrons. The molecular weight excluding hydrogens is 220 g/mol. The van der Waals surface area contributed by atoms with E-state index < -0.39 is 4.92 Å². The van der Waals surface area contributed by atoms with Crippen LogP contribution in [0.5, 0.6) is 0 Å². The zero-order chi connectivity index (χ0) is 12.4. The highest BCUT2D eigenvalue weighted by Gasteiger charge is 2.23. The molecule has 0 unspecified atom stereocenters. The molecule has 1 aromatic rings. The van der Waals surface area contributed by atoms with E-state index in [4.69, 9.17) is 0 Å². The van der Waals surface area contributed by atoms with Crippen LogP contribution in [0.3, 0.4) is 0 Å². The molecule has 5 nitrogen and oxygen atoms in total. The van der Waals surface area contributed by atoms with Gasteiger partial charge in [0.15, 0.2) is 0 Å². The molecule has 0 fully saturated rings. The van der Waals surface area contributed by atoms with E-state index in [-0.39, 0.29) is 11.6 Å². The van der Waals surface area contributed by atoms with Crippen molar-refractivity contribution in [3.8, 4) is 0 Å². The Balaban J connectivity index is 2.55. The number of hydrogen-bond donors (Lipinski definition) is 1. The highest BCUT2D eigenvalue weighted by Crippen LogP contribution is 2.35. The topological polar surface area (TPSA) is 72.2 Å². The number of benzene rings is 1. The van der Waals surface area contributed by atoms with Gasteiger partial charge >= 0.3 is 0 Å². The van der Waals surface area contributed by atoms with Crippen LogP contribution in [0.25, 0.3) is 0 Å². The Morgan fingerprint density at radius 3 is 2.71 bits per heavy atom. The van der Waals surface area contributed by atoms with Gasteiger partial charge < -0.3 is 5.32 Å². The van der Waals surface area contributed by atoms with E-state index >= 15 is 0 Å². The number of amides is 1. The Morgan fingerprint density at radius 2 is 2.06 bits per heavy atom. The van der Waals surface area contributed by atoms with Gasteiger partial charge in [-0.2, -0.15) is 0 Å². The van der Waals surface area contributed by atoms with E-state index in [1.807, 2.05) is 0 Å². The number of hydrogen-bond acceptors (Lipinski definition) is 3. The van der Waals surface area contributed by atoms with E-state index in [1.54, 1.807) is 6.07 Å². The predicted molar refractivity (Wildman–Crippen MR) is 64.0 cm³/mol. The second-order valence-corrected chi connectivity index (χ2v) is 4.24. The van der Waals surface area contributed by atoms with E-state index in [0.717, 1.165) is 36.8 Å². The number of carbonyl (C=O) groups is 1. The number of nitrogens with one attached hydrogen (secondary N) is 1. The molecule has 1 aliphatic rings. The third-order valence-electron chi connectivity index (χ3n) is 3.01. The lowest BCUT2D eigenvalue weighted by molar-refractivity contribution is -0.384. The Labute approximate surface area is 99.0 Å². The van der Waals surface area contributed by atoms with Crippen LogP contribution in [0.15, 0.2) is 12.1 Å². The summed E-state index contributed by atoms with van der Waals surface area (Å²) in [6, 6.07) is 3.29. The van der Waals surface area contributed by atoms with Gasteiger partial charge in [-0.15, -0.1) is 0 Å². The SMILES string of the molecule is CC(=O)Nc1c([N+](=O)[O-])ccc2c1CCCC2. The van der Waals surface area contributed by atoms with E-state index in [2.05, 4.69) is 5.32 Å². The largest absolute Gasteiger partial charge is 0.320 e.